The molecule has 0 atom stereocenters. The summed E-state index contributed by atoms with van der Waals surface area (Å²) >= 11 is 1.71. The van der Waals surface area contributed by atoms with Gasteiger partial charge in [-0.2, -0.15) is 0 Å². The number of hydrogen-bond acceptors (Lipinski definition) is 3. The Morgan fingerprint density at radius 3 is 2.82 bits per heavy atom. The average Bonchev–Trinajstić information content (AvgIpc) is 2.82. The molecule has 0 aliphatic heterocycles. The molecule has 0 N–H and O–H groups in total. The van der Waals surface area contributed by atoms with Crippen LogP contribution in [0.15, 0.2) is 48.8 Å². The minimum Gasteiger partial charge on any atom is -0.298 e. The first-order chi connectivity index (χ1) is 8.36. The van der Waals surface area contributed by atoms with Crippen LogP contribution < -0.4 is 0 Å². The fourth-order valence-corrected chi connectivity index (χ4v) is 2.82. The van der Waals surface area contributed by atoms with Crippen molar-refractivity contribution in [3.8, 4) is 10.4 Å². The summed E-state index contributed by atoms with van der Waals surface area (Å²) in [5, 5.41) is 1.23. The highest BCUT2D eigenvalue weighted by molar-refractivity contribution is 7.22. The first kappa shape index (κ1) is 10.2. The summed E-state index contributed by atoms with van der Waals surface area (Å²) in [5.41, 5.74) is 1.61. The van der Waals surface area contributed by atoms with Gasteiger partial charge in [-0.15, -0.1) is 11.3 Å². The fraction of sp³-hybridized carbons (Fsp3) is 0. The molecule has 0 aliphatic carbocycles. The van der Waals surface area contributed by atoms with Crippen molar-refractivity contribution in [3.63, 3.8) is 0 Å². The van der Waals surface area contributed by atoms with E-state index in [2.05, 4.69) is 23.2 Å². The molecule has 2 aromatic heterocycles. The van der Waals surface area contributed by atoms with Crippen molar-refractivity contribution in [2.24, 2.45) is 0 Å². The van der Waals surface area contributed by atoms with Crippen LogP contribution in [0, 0.1) is 0 Å². The van der Waals surface area contributed by atoms with E-state index in [1.54, 1.807) is 23.7 Å². The molecule has 3 aromatic rings. The number of hydrogen-bond donors (Lipinski definition) is 0. The number of carbonyl (C=O) groups is 1. The minimum absolute atomic E-state index is 0.611. The van der Waals surface area contributed by atoms with Gasteiger partial charge >= 0.3 is 0 Å². The van der Waals surface area contributed by atoms with Crippen molar-refractivity contribution in [1.29, 1.82) is 0 Å². The number of aromatic nitrogens is 1. The lowest BCUT2D eigenvalue weighted by atomic mass is 10.1. The molecule has 0 spiro atoms. The molecule has 0 fully saturated rings. The molecule has 0 radical (unpaired) electrons. The molecule has 82 valence electrons. The summed E-state index contributed by atoms with van der Waals surface area (Å²) in [6.07, 6.45) is 4.19. The van der Waals surface area contributed by atoms with Gasteiger partial charge in [0.2, 0.25) is 0 Å². The van der Waals surface area contributed by atoms with E-state index in [0.717, 1.165) is 16.7 Å². The van der Waals surface area contributed by atoms with Gasteiger partial charge in [-0.1, -0.05) is 18.2 Å². The Labute approximate surface area is 103 Å². The molecule has 0 bridgehead atoms. The van der Waals surface area contributed by atoms with Crippen LogP contribution in [-0.4, -0.2) is 11.3 Å². The van der Waals surface area contributed by atoms with E-state index in [1.165, 1.54) is 10.1 Å². The minimum atomic E-state index is 0.611. The van der Waals surface area contributed by atoms with E-state index in [1.807, 2.05) is 18.2 Å². The van der Waals surface area contributed by atoms with Crippen LogP contribution in [0.5, 0.6) is 0 Å². The molecule has 2 nitrogen and oxygen atoms in total. The predicted octanol–water partition coefficient (Wildman–Crippen LogP) is 3.78. The predicted molar refractivity (Wildman–Crippen MR) is 70.4 cm³/mol. The summed E-state index contributed by atoms with van der Waals surface area (Å²) in [7, 11) is 0. The number of pyridine rings is 1. The van der Waals surface area contributed by atoms with E-state index in [-0.39, 0.29) is 0 Å². The van der Waals surface area contributed by atoms with E-state index < -0.39 is 0 Å². The zero-order valence-corrected chi connectivity index (χ0v) is 9.78. The Bertz CT molecular complexity index is 654. The molecule has 0 saturated heterocycles. The van der Waals surface area contributed by atoms with Gasteiger partial charge in [0.25, 0.3) is 0 Å². The van der Waals surface area contributed by atoms with Gasteiger partial charge in [-0.25, -0.2) is 0 Å². The Morgan fingerprint density at radius 2 is 2.00 bits per heavy atom. The highest BCUT2D eigenvalue weighted by atomic mass is 32.1. The topological polar surface area (TPSA) is 30.0 Å². The SMILES string of the molecule is O=Cc1cncc(-c2cc3ccccc3s2)c1. The lowest BCUT2D eigenvalue weighted by molar-refractivity contribution is 0.112. The van der Waals surface area contributed by atoms with Gasteiger partial charge in [0, 0.05) is 33.1 Å². The Kier molecular flexibility index (Phi) is 2.46. The normalized spacial score (nSPS) is 10.6. The Hall–Kier alpha value is -2.00. The van der Waals surface area contributed by atoms with Gasteiger partial charge in [0.05, 0.1) is 0 Å². The number of fused-ring (bicyclic) bond motifs is 1. The van der Waals surface area contributed by atoms with Crippen LogP contribution >= 0.6 is 11.3 Å². The van der Waals surface area contributed by atoms with Crippen molar-refractivity contribution >= 4 is 27.7 Å². The van der Waals surface area contributed by atoms with Crippen molar-refractivity contribution in [2.75, 3.05) is 0 Å². The van der Waals surface area contributed by atoms with Gasteiger partial charge in [0.1, 0.15) is 0 Å². The molecule has 2 heterocycles. The van der Waals surface area contributed by atoms with E-state index in [4.69, 9.17) is 0 Å². The average molecular weight is 239 g/mol. The lowest BCUT2D eigenvalue weighted by Crippen LogP contribution is -1.83. The maximum absolute atomic E-state index is 10.7. The number of benzene rings is 1. The summed E-state index contributed by atoms with van der Waals surface area (Å²) in [4.78, 5) is 15.9. The van der Waals surface area contributed by atoms with Gasteiger partial charge in [-0.3, -0.25) is 9.78 Å². The molecule has 17 heavy (non-hydrogen) atoms. The second-order valence-corrected chi connectivity index (χ2v) is 4.86. The third-order valence-electron chi connectivity index (χ3n) is 2.61. The largest absolute Gasteiger partial charge is 0.298 e. The Balaban J connectivity index is 2.16. The number of nitrogens with zero attached hydrogens (tertiary/aromatic N) is 1. The zero-order chi connectivity index (χ0) is 11.7. The highest BCUT2D eigenvalue weighted by Gasteiger charge is 2.04. The third-order valence-corrected chi connectivity index (χ3v) is 3.77. The van der Waals surface area contributed by atoms with Crippen LogP contribution in [-0.2, 0) is 0 Å². The van der Waals surface area contributed by atoms with E-state index in [9.17, 15) is 4.79 Å². The van der Waals surface area contributed by atoms with Crippen LogP contribution in [0.2, 0.25) is 0 Å². The highest BCUT2D eigenvalue weighted by Crippen LogP contribution is 2.33. The Morgan fingerprint density at radius 1 is 1.12 bits per heavy atom. The molecular weight excluding hydrogens is 230 g/mol. The van der Waals surface area contributed by atoms with Crippen LogP contribution in [0.4, 0.5) is 0 Å². The smallest absolute Gasteiger partial charge is 0.151 e. The molecule has 3 rings (SSSR count). The van der Waals surface area contributed by atoms with Crippen molar-refractivity contribution in [3.05, 3.63) is 54.4 Å². The molecular formula is C14H9NOS. The van der Waals surface area contributed by atoms with Crippen LogP contribution in [0.1, 0.15) is 10.4 Å². The van der Waals surface area contributed by atoms with Crippen molar-refractivity contribution in [2.45, 2.75) is 0 Å². The number of thiophene rings is 1. The second kappa shape index (κ2) is 4.11. The molecule has 0 aliphatic rings. The zero-order valence-electron chi connectivity index (χ0n) is 8.96. The maximum atomic E-state index is 10.7. The van der Waals surface area contributed by atoms with E-state index in [0.29, 0.717) is 5.56 Å². The summed E-state index contributed by atoms with van der Waals surface area (Å²) in [6.45, 7) is 0. The first-order valence-corrected chi connectivity index (χ1v) is 6.07. The van der Waals surface area contributed by atoms with Gasteiger partial charge in [0.15, 0.2) is 6.29 Å². The first-order valence-electron chi connectivity index (χ1n) is 5.26. The summed E-state index contributed by atoms with van der Waals surface area (Å²) in [6, 6.07) is 12.2. The molecule has 0 unspecified atom stereocenters. The van der Waals surface area contributed by atoms with E-state index >= 15 is 0 Å². The molecule has 3 heteroatoms. The number of aldehydes is 1. The molecule has 0 amide bonds. The number of carbonyl (C=O) groups excluding carboxylic acids is 1. The van der Waals surface area contributed by atoms with Crippen molar-refractivity contribution < 1.29 is 4.79 Å². The van der Waals surface area contributed by atoms with Gasteiger partial charge < -0.3 is 0 Å². The number of rotatable bonds is 2. The fourth-order valence-electron chi connectivity index (χ4n) is 1.78. The lowest BCUT2D eigenvalue weighted by Gasteiger charge is -1.96. The molecule has 0 saturated carbocycles. The summed E-state index contributed by atoms with van der Waals surface area (Å²) in [5.74, 6) is 0. The summed E-state index contributed by atoms with van der Waals surface area (Å²) < 4.78 is 1.25. The van der Waals surface area contributed by atoms with Crippen LogP contribution in [0.25, 0.3) is 20.5 Å². The van der Waals surface area contributed by atoms with Gasteiger partial charge in [-0.05, 0) is 23.6 Å². The van der Waals surface area contributed by atoms with Crippen LogP contribution in [0.3, 0.4) is 0 Å². The molecule has 1 aromatic carbocycles. The maximum Gasteiger partial charge on any atom is 0.151 e. The third kappa shape index (κ3) is 1.85. The van der Waals surface area contributed by atoms with Crippen molar-refractivity contribution in [1.82, 2.24) is 4.98 Å². The quantitative estimate of drug-likeness (QED) is 0.637. The monoisotopic (exact) mass is 239 g/mol. The second-order valence-electron chi connectivity index (χ2n) is 3.77. The standard InChI is InChI=1S/C14H9NOS/c16-9-10-5-12(8-15-7-10)14-6-11-3-1-2-4-13(11)17-14/h1-9H.